The molecular formula is C11H9N3O3. The van der Waals surface area contributed by atoms with E-state index in [9.17, 15) is 9.90 Å². The van der Waals surface area contributed by atoms with Crippen molar-refractivity contribution in [1.29, 1.82) is 0 Å². The molecule has 0 aliphatic carbocycles. The van der Waals surface area contributed by atoms with Gasteiger partial charge in [-0.3, -0.25) is 4.79 Å². The molecule has 0 fully saturated rings. The fraction of sp³-hybridized carbons (Fsp3) is 0.182. The number of nitrogens with zero attached hydrogens (tertiary/aromatic N) is 3. The molecule has 0 bridgehead atoms. The summed E-state index contributed by atoms with van der Waals surface area (Å²) in [5.74, 6) is 5.24. The molecule has 0 saturated carbocycles. The first-order valence-corrected chi connectivity index (χ1v) is 4.58. The van der Waals surface area contributed by atoms with Crippen LogP contribution in [0.3, 0.4) is 0 Å². The van der Waals surface area contributed by atoms with Crippen LogP contribution in [0.5, 0.6) is 11.5 Å². The summed E-state index contributed by atoms with van der Waals surface area (Å²) in [6, 6.07) is 2.92. The van der Waals surface area contributed by atoms with Gasteiger partial charge in [-0.05, 0) is 17.7 Å². The molecule has 0 saturated heterocycles. The number of rotatable bonds is 3. The average molecular weight is 231 g/mol. The summed E-state index contributed by atoms with van der Waals surface area (Å²) in [5.41, 5.74) is 8.65. The highest BCUT2D eigenvalue weighted by Gasteiger charge is 2.08. The Morgan fingerprint density at radius 3 is 3.00 bits per heavy atom. The third-order valence-electron chi connectivity index (χ3n) is 1.90. The number of aromatic hydroxyl groups is 1. The molecule has 0 unspecified atom stereocenters. The number of hydrogen-bond acceptors (Lipinski definition) is 4. The van der Waals surface area contributed by atoms with Crippen LogP contribution >= 0.6 is 0 Å². The lowest BCUT2D eigenvalue weighted by molar-refractivity contribution is 0.112. The van der Waals surface area contributed by atoms with Gasteiger partial charge >= 0.3 is 0 Å². The van der Waals surface area contributed by atoms with Gasteiger partial charge in [0.15, 0.2) is 17.8 Å². The number of azide groups is 1. The summed E-state index contributed by atoms with van der Waals surface area (Å²) in [6.45, 7) is 0.0378. The predicted molar refractivity (Wildman–Crippen MR) is 60.9 cm³/mol. The van der Waals surface area contributed by atoms with Crippen molar-refractivity contribution < 1.29 is 14.6 Å². The fourth-order valence-electron chi connectivity index (χ4n) is 1.16. The molecule has 0 atom stereocenters. The Balaban J connectivity index is 3.11. The number of ether oxygens (including phenoxy) is 1. The van der Waals surface area contributed by atoms with Crippen molar-refractivity contribution >= 4 is 6.29 Å². The normalized spacial score (nSPS) is 8.53. The minimum atomic E-state index is -0.219. The quantitative estimate of drug-likeness (QED) is 0.283. The number of carbonyl (C=O) groups excluding carboxylic acids is 1. The minimum absolute atomic E-state index is 0.0378. The van der Waals surface area contributed by atoms with Crippen LogP contribution in [0.2, 0.25) is 0 Å². The van der Waals surface area contributed by atoms with Gasteiger partial charge in [-0.2, -0.15) is 0 Å². The summed E-state index contributed by atoms with van der Waals surface area (Å²) in [4.78, 5) is 13.2. The van der Waals surface area contributed by atoms with Crippen LogP contribution in [0, 0.1) is 11.8 Å². The first-order valence-electron chi connectivity index (χ1n) is 4.58. The summed E-state index contributed by atoms with van der Waals surface area (Å²) in [5, 5.41) is 12.8. The van der Waals surface area contributed by atoms with E-state index in [0.717, 1.165) is 0 Å². The maximum atomic E-state index is 10.7. The van der Waals surface area contributed by atoms with Crippen molar-refractivity contribution in [2.75, 3.05) is 13.7 Å². The topological polar surface area (TPSA) is 95.3 Å². The van der Waals surface area contributed by atoms with E-state index in [1.807, 2.05) is 0 Å². The van der Waals surface area contributed by atoms with E-state index >= 15 is 0 Å². The van der Waals surface area contributed by atoms with Crippen molar-refractivity contribution in [2.45, 2.75) is 0 Å². The SMILES string of the molecule is COc1cc(C#CCN=[N+]=[N-])cc(C=O)c1O. The summed E-state index contributed by atoms with van der Waals surface area (Å²) >= 11 is 0. The smallest absolute Gasteiger partial charge is 0.168 e. The largest absolute Gasteiger partial charge is 0.504 e. The Hall–Kier alpha value is -2.64. The van der Waals surface area contributed by atoms with Crippen molar-refractivity contribution in [2.24, 2.45) is 5.11 Å². The van der Waals surface area contributed by atoms with Gasteiger partial charge in [0.25, 0.3) is 0 Å². The zero-order valence-corrected chi connectivity index (χ0v) is 9.04. The van der Waals surface area contributed by atoms with Crippen molar-refractivity contribution in [3.05, 3.63) is 33.7 Å². The molecule has 17 heavy (non-hydrogen) atoms. The third-order valence-corrected chi connectivity index (χ3v) is 1.90. The molecule has 0 radical (unpaired) electrons. The number of aldehydes is 1. The van der Waals surface area contributed by atoms with Gasteiger partial charge in [-0.15, -0.1) is 0 Å². The Labute approximate surface area is 97.5 Å². The van der Waals surface area contributed by atoms with Crippen molar-refractivity contribution in [3.8, 4) is 23.3 Å². The second-order valence-corrected chi connectivity index (χ2v) is 2.92. The molecule has 1 aromatic carbocycles. The zero-order chi connectivity index (χ0) is 12.7. The first kappa shape index (κ1) is 12.4. The molecule has 1 N–H and O–H groups in total. The van der Waals surface area contributed by atoms with Crippen molar-refractivity contribution in [1.82, 2.24) is 0 Å². The van der Waals surface area contributed by atoms with E-state index in [2.05, 4.69) is 21.9 Å². The number of benzene rings is 1. The Bertz CT molecular complexity index is 537. The molecule has 6 heteroatoms. The van der Waals surface area contributed by atoms with Crippen LogP contribution in [-0.2, 0) is 0 Å². The summed E-state index contributed by atoms with van der Waals surface area (Å²) in [7, 11) is 1.38. The van der Waals surface area contributed by atoms with E-state index in [4.69, 9.17) is 10.3 Å². The third kappa shape index (κ3) is 3.16. The number of phenolic OH excluding ortho intramolecular Hbond substituents is 1. The summed E-state index contributed by atoms with van der Waals surface area (Å²) in [6.07, 6.45) is 0.510. The predicted octanol–water partition coefficient (Wildman–Crippen LogP) is 1.88. The molecule has 6 nitrogen and oxygen atoms in total. The van der Waals surface area contributed by atoms with E-state index in [0.29, 0.717) is 11.8 Å². The number of hydrogen-bond donors (Lipinski definition) is 1. The van der Waals surface area contributed by atoms with E-state index in [-0.39, 0.29) is 23.6 Å². The number of methoxy groups -OCH3 is 1. The van der Waals surface area contributed by atoms with Crippen LogP contribution in [0.1, 0.15) is 15.9 Å². The number of carbonyl (C=O) groups is 1. The van der Waals surface area contributed by atoms with Gasteiger partial charge in [-0.25, -0.2) is 0 Å². The van der Waals surface area contributed by atoms with E-state index < -0.39 is 0 Å². The maximum absolute atomic E-state index is 10.7. The van der Waals surface area contributed by atoms with Gasteiger partial charge in [0.05, 0.1) is 19.2 Å². The highest BCUT2D eigenvalue weighted by atomic mass is 16.5. The highest BCUT2D eigenvalue weighted by molar-refractivity contribution is 5.82. The zero-order valence-electron chi connectivity index (χ0n) is 9.04. The Kier molecular flexibility index (Phi) is 4.43. The van der Waals surface area contributed by atoms with Crippen LogP contribution in [-0.4, -0.2) is 25.0 Å². The van der Waals surface area contributed by atoms with Gasteiger partial charge in [0.1, 0.15) is 0 Å². The molecule has 0 aromatic heterocycles. The molecular weight excluding hydrogens is 222 g/mol. The van der Waals surface area contributed by atoms with Crippen LogP contribution in [0.15, 0.2) is 17.2 Å². The van der Waals surface area contributed by atoms with Crippen LogP contribution < -0.4 is 4.74 Å². The van der Waals surface area contributed by atoms with Gasteiger partial charge in [0, 0.05) is 10.5 Å². The molecule has 1 rings (SSSR count). The number of phenols is 1. The van der Waals surface area contributed by atoms with Gasteiger partial charge in [0.2, 0.25) is 0 Å². The second-order valence-electron chi connectivity index (χ2n) is 2.92. The molecule has 0 aliphatic heterocycles. The monoisotopic (exact) mass is 231 g/mol. The second kappa shape index (κ2) is 6.05. The maximum Gasteiger partial charge on any atom is 0.168 e. The van der Waals surface area contributed by atoms with E-state index in [1.165, 1.54) is 19.2 Å². The summed E-state index contributed by atoms with van der Waals surface area (Å²) < 4.78 is 4.90. The Morgan fingerprint density at radius 1 is 1.65 bits per heavy atom. The van der Waals surface area contributed by atoms with Crippen LogP contribution in [0.4, 0.5) is 0 Å². The van der Waals surface area contributed by atoms with Crippen LogP contribution in [0.25, 0.3) is 10.4 Å². The molecule has 0 spiro atoms. The lowest BCUT2D eigenvalue weighted by atomic mass is 10.1. The molecule has 0 heterocycles. The lowest BCUT2D eigenvalue weighted by Crippen LogP contribution is -1.90. The minimum Gasteiger partial charge on any atom is -0.504 e. The highest BCUT2D eigenvalue weighted by Crippen LogP contribution is 2.29. The van der Waals surface area contributed by atoms with Gasteiger partial charge in [-0.1, -0.05) is 17.0 Å². The standard InChI is InChI=1S/C11H9N3O3/c1-17-10-6-8(3-2-4-13-14-12)5-9(7-15)11(10)16/h5-7,16H,4H2,1H3. The lowest BCUT2D eigenvalue weighted by Gasteiger charge is -2.05. The van der Waals surface area contributed by atoms with Crippen molar-refractivity contribution in [3.63, 3.8) is 0 Å². The van der Waals surface area contributed by atoms with E-state index in [1.54, 1.807) is 0 Å². The first-order chi connectivity index (χ1) is 8.22. The molecule has 0 amide bonds. The average Bonchev–Trinajstić information content (AvgIpc) is 2.36. The molecule has 0 aliphatic rings. The fourth-order valence-corrected chi connectivity index (χ4v) is 1.16. The molecule has 1 aromatic rings. The van der Waals surface area contributed by atoms with Gasteiger partial charge < -0.3 is 9.84 Å². The Morgan fingerprint density at radius 2 is 2.41 bits per heavy atom. The molecule has 86 valence electrons.